The number of nitrogens with zero attached hydrogens (tertiary/aromatic N) is 1. The summed E-state index contributed by atoms with van der Waals surface area (Å²) in [5, 5.41) is 0.583. The van der Waals surface area contributed by atoms with Crippen molar-refractivity contribution in [2.24, 2.45) is 0 Å². The van der Waals surface area contributed by atoms with Crippen LogP contribution in [0.2, 0.25) is 5.02 Å². The van der Waals surface area contributed by atoms with Gasteiger partial charge in [0, 0.05) is 29.9 Å². The molecular formula is C26H23ClF7NO2. The summed E-state index contributed by atoms with van der Waals surface area (Å²) >= 11 is 6.13. The van der Waals surface area contributed by atoms with Crippen molar-refractivity contribution in [1.29, 1.82) is 0 Å². The van der Waals surface area contributed by atoms with E-state index in [-0.39, 0.29) is 12.1 Å². The fourth-order valence-electron chi connectivity index (χ4n) is 3.46. The Morgan fingerprint density at radius 2 is 1.54 bits per heavy atom. The second-order valence-electron chi connectivity index (χ2n) is 8.10. The number of halogens is 8. The van der Waals surface area contributed by atoms with E-state index in [9.17, 15) is 30.7 Å². The average molecular weight is 550 g/mol. The van der Waals surface area contributed by atoms with E-state index in [4.69, 9.17) is 16.3 Å². The molecule has 0 N–H and O–H groups in total. The normalized spacial score (nSPS) is 12.1. The summed E-state index contributed by atoms with van der Waals surface area (Å²) in [5.74, 6) is 0.308. The minimum absolute atomic E-state index is 0.141. The van der Waals surface area contributed by atoms with Gasteiger partial charge in [-0.2, -0.15) is 30.7 Å². The Labute approximate surface area is 214 Å². The molecular weight excluding hydrogens is 527 g/mol. The number of ether oxygens (including phenoxy) is 2. The Kier molecular flexibility index (Phi) is 9.17. The molecule has 11 heteroatoms. The van der Waals surface area contributed by atoms with Crippen molar-refractivity contribution in [1.82, 2.24) is 0 Å². The van der Waals surface area contributed by atoms with E-state index in [0.29, 0.717) is 28.6 Å². The highest BCUT2D eigenvalue weighted by Crippen LogP contribution is 2.32. The first-order valence-electron chi connectivity index (χ1n) is 11.2. The first-order valence-corrected chi connectivity index (χ1v) is 11.6. The molecule has 37 heavy (non-hydrogen) atoms. The molecule has 0 atom stereocenters. The van der Waals surface area contributed by atoms with Crippen molar-refractivity contribution in [2.45, 2.75) is 45.0 Å². The van der Waals surface area contributed by atoms with Gasteiger partial charge < -0.3 is 14.4 Å². The van der Waals surface area contributed by atoms with E-state index in [1.807, 2.05) is 6.92 Å². The summed E-state index contributed by atoms with van der Waals surface area (Å²) in [4.78, 5) is 1.38. The zero-order valence-corrected chi connectivity index (χ0v) is 20.3. The molecule has 3 rings (SSSR count). The molecule has 0 unspecified atom stereocenters. The van der Waals surface area contributed by atoms with Gasteiger partial charge in [0.05, 0.1) is 6.42 Å². The maximum atomic E-state index is 13.3. The van der Waals surface area contributed by atoms with E-state index < -0.39 is 37.4 Å². The van der Waals surface area contributed by atoms with Gasteiger partial charge in [-0.1, -0.05) is 36.7 Å². The van der Waals surface area contributed by atoms with Crippen molar-refractivity contribution in [3.8, 4) is 17.2 Å². The third kappa shape index (κ3) is 8.45. The lowest BCUT2D eigenvalue weighted by Crippen LogP contribution is -2.33. The molecule has 0 bridgehead atoms. The molecule has 0 aromatic heterocycles. The summed E-state index contributed by atoms with van der Waals surface area (Å²) in [7, 11) is 0. The van der Waals surface area contributed by atoms with Crippen molar-refractivity contribution in [3.05, 3.63) is 82.9 Å². The number of alkyl halides is 7. The molecule has 0 aliphatic carbocycles. The molecule has 0 heterocycles. The predicted molar refractivity (Wildman–Crippen MR) is 127 cm³/mol. The minimum atomic E-state index is -4.71. The largest absolute Gasteiger partial charge is 0.461 e. The first kappa shape index (κ1) is 28.4. The molecule has 0 fully saturated rings. The van der Waals surface area contributed by atoms with Crippen molar-refractivity contribution < 1.29 is 40.2 Å². The van der Waals surface area contributed by atoms with Gasteiger partial charge in [-0.3, -0.25) is 0 Å². The summed E-state index contributed by atoms with van der Waals surface area (Å²) in [6.07, 6.45) is -13.7. The van der Waals surface area contributed by atoms with Crippen LogP contribution in [0.25, 0.3) is 0 Å². The quantitative estimate of drug-likeness (QED) is 0.223. The molecule has 0 amide bonds. The van der Waals surface area contributed by atoms with Crippen LogP contribution in [0, 0.1) is 0 Å². The van der Waals surface area contributed by atoms with Gasteiger partial charge in [-0.15, -0.1) is 0 Å². The molecule has 0 aliphatic rings. The number of hydrogen-bond donors (Lipinski definition) is 0. The van der Waals surface area contributed by atoms with Crippen LogP contribution in [0.4, 0.5) is 36.4 Å². The number of anilines is 1. The highest BCUT2D eigenvalue weighted by atomic mass is 35.5. The van der Waals surface area contributed by atoms with E-state index in [0.717, 1.165) is 17.7 Å². The summed E-state index contributed by atoms with van der Waals surface area (Å²) in [5.41, 5.74) is 1.51. The second-order valence-corrected chi connectivity index (χ2v) is 8.51. The Morgan fingerprint density at radius 1 is 0.865 bits per heavy atom. The highest BCUT2D eigenvalue weighted by molar-refractivity contribution is 6.31. The molecule has 200 valence electrons. The average Bonchev–Trinajstić information content (AvgIpc) is 2.82. The maximum absolute atomic E-state index is 13.3. The summed E-state index contributed by atoms with van der Waals surface area (Å²) < 4.78 is 101. The van der Waals surface area contributed by atoms with Gasteiger partial charge in [0.1, 0.15) is 17.2 Å². The van der Waals surface area contributed by atoms with Crippen LogP contribution < -0.4 is 14.4 Å². The molecule has 3 aromatic rings. The van der Waals surface area contributed by atoms with E-state index in [1.165, 1.54) is 17.0 Å². The molecule has 0 aliphatic heterocycles. The lowest BCUT2D eigenvalue weighted by atomic mass is 10.1. The van der Waals surface area contributed by atoms with Gasteiger partial charge in [0.2, 0.25) is 0 Å². The first-order chi connectivity index (χ1) is 17.4. The van der Waals surface area contributed by atoms with Gasteiger partial charge in [-0.05, 0) is 60.0 Å². The third-order valence-electron chi connectivity index (χ3n) is 5.26. The van der Waals surface area contributed by atoms with Crippen LogP contribution in [0.1, 0.15) is 24.5 Å². The number of rotatable bonds is 11. The topological polar surface area (TPSA) is 21.7 Å². The number of benzene rings is 3. The van der Waals surface area contributed by atoms with Gasteiger partial charge >= 0.3 is 18.7 Å². The van der Waals surface area contributed by atoms with Crippen LogP contribution in [0.15, 0.2) is 66.7 Å². The Morgan fingerprint density at radius 3 is 2.22 bits per heavy atom. The molecule has 0 spiro atoms. The molecule has 0 radical (unpaired) electrons. The van der Waals surface area contributed by atoms with Gasteiger partial charge in [0.25, 0.3) is 0 Å². The van der Waals surface area contributed by atoms with Crippen LogP contribution in [-0.2, 0) is 13.0 Å². The smallest absolute Gasteiger partial charge is 0.457 e. The maximum Gasteiger partial charge on any atom is 0.461 e. The molecule has 3 aromatic carbocycles. The van der Waals surface area contributed by atoms with Gasteiger partial charge in [0.15, 0.2) is 0 Å². The van der Waals surface area contributed by atoms with Gasteiger partial charge in [-0.25, -0.2) is 0 Å². The summed E-state index contributed by atoms with van der Waals surface area (Å²) in [6, 6.07) is 16.4. The van der Waals surface area contributed by atoms with E-state index in [2.05, 4.69) is 4.74 Å². The zero-order valence-electron chi connectivity index (χ0n) is 19.5. The monoisotopic (exact) mass is 549 g/mol. The Hall–Kier alpha value is -3.14. The van der Waals surface area contributed by atoms with E-state index >= 15 is 0 Å². The van der Waals surface area contributed by atoms with Crippen LogP contribution in [0.3, 0.4) is 0 Å². The summed E-state index contributed by atoms with van der Waals surface area (Å²) in [6.45, 7) is 1.34. The molecule has 0 saturated heterocycles. The lowest BCUT2D eigenvalue weighted by Gasteiger charge is -2.26. The standard InChI is InChI=1S/C26H23ClF7NO2/c1-2-18-14-21(9-10-23(18)27)36-20-7-4-6-19(15-20)35(12-11-25(30,31)32)16-17-5-3-8-22(13-17)37-26(33,34)24(28)29/h3-10,13-15,24H,2,11-12,16H2,1H3. The second kappa shape index (κ2) is 11.9. The lowest BCUT2D eigenvalue weighted by molar-refractivity contribution is -0.253. The fraction of sp³-hybridized carbons (Fsp3) is 0.308. The zero-order chi connectivity index (χ0) is 27.2. The Balaban J connectivity index is 1.85. The van der Waals surface area contributed by atoms with Crippen molar-refractivity contribution in [3.63, 3.8) is 0 Å². The van der Waals surface area contributed by atoms with Crippen LogP contribution in [-0.4, -0.2) is 25.3 Å². The van der Waals surface area contributed by atoms with E-state index in [1.54, 1.807) is 42.5 Å². The molecule has 0 saturated carbocycles. The Bertz CT molecular complexity index is 1190. The highest BCUT2D eigenvalue weighted by Gasteiger charge is 2.44. The number of aryl methyl sites for hydroxylation is 1. The van der Waals surface area contributed by atoms with Crippen molar-refractivity contribution in [2.75, 3.05) is 11.4 Å². The van der Waals surface area contributed by atoms with Crippen LogP contribution >= 0.6 is 11.6 Å². The number of hydrogen-bond acceptors (Lipinski definition) is 3. The third-order valence-corrected chi connectivity index (χ3v) is 5.63. The molecule has 3 nitrogen and oxygen atoms in total. The fourth-order valence-corrected chi connectivity index (χ4v) is 3.71. The minimum Gasteiger partial charge on any atom is -0.457 e. The van der Waals surface area contributed by atoms with Crippen molar-refractivity contribution >= 4 is 17.3 Å². The predicted octanol–water partition coefficient (Wildman–Crippen LogP) is 8.89. The van der Waals surface area contributed by atoms with Crippen LogP contribution in [0.5, 0.6) is 17.2 Å². The SMILES string of the molecule is CCc1cc(Oc2cccc(N(CCC(F)(F)F)Cc3cccc(OC(F)(F)C(F)F)c3)c2)ccc1Cl.